The average molecular weight is 173 g/mol. The van der Waals surface area contributed by atoms with E-state index in [1.807, 2.05) is 0 Å². The molecule has 3 nitrogen and oxygen atoms in total. The maximum atomic E-state index is 11.1. The van der Waals surface area contributed by atoms with Crippen molar-refractivity contribution in [2.24, 2.45) is 0 Å². The van der Waals surface area contributed by atoms with Gasteiger partial charge in [0.1, 0.15) is 0 Å². The summed E-state index contributed by atoms with van der Waals surface area (Å²) in [6, 6.07) is -0.112. The highest BCUT2D eigenvalue weighted by molar-refractivity contribution is 5.75. The van der Waals surface area contributed by atoms with Gasteiger partial charge in [0, 0.05) is 6.42 Å². The second-order valence-electron chi connectivity index (χ2n) is 3.29. The number of rotatable bonds is 5. The molecule has 0 aromatic rings. The summed E-state index contributed by atoms with van der Waals surface area (Å²) in [6.07, 6.45) is 3.49. The molecule has 0 rings (SSSR count). The third kappa shape index (κ3) is 4.34. The molecule has 0 aliphatic carbocycles. The van der Waals surface area contributed by atoms with Crippen molar-refractivity contribution in [1.29, 1.82) is 0 Å². The van der Waals surface area contributed by atoms with Crippen molar-refractivity contribution in [3.63, 3.8) is 0 Å². The van der Waals surface area contributed by atoms with Crippen LogP contribution in [0, 0.1) is 0 Å². The number of hydroxylamine groups is 2. The minimum atomic E-state index is -0.168. The predicted molar refractivity (Wildman–Crippen MR) is 47.9 cm³/mol. The van der Waals surface area contributed by atoms with Gasteiger partial charge < -0.3 is 0 Å². The lowest BCUT2D eigenvalue weighted by molar-refractivity contribution is -0.172. The molecular weight excluding hydrogens is 154 g/mol. The van der Waals surface area contributed by atoms with E-state index < -0.39 is 0 Å². The second-order valence-corrected chi connectivity index (χ2v) is 3.29. The Bertz CT molecular complexity index is 134. The lowest BCUT2D eigenvalue weighted by Gasteiger charge is -2.18. The first-order valence-electron chi connectivity index (χ1n) is 4.60. The highest BCUT2D eigenvalue weighted by atomic mass is 16.5. The van der Waals surface area contributed by atoms with Gasteiger partial charge in [-0.1, -0.05) is 19.8 Å². The lowest BCUT2D eigenvalue weighted by atomic mass is 10.2. The molecule has 12 heavy (non-hydrogen) atoms. The van der Waals surface area contributed by atoms with E-state index in [4.69, 9.17) is 0 Å². The molecule has 1 N–H and O–H groups in total. The summed E-state index contributed by atoms with van der Waals surface area (Å²) in [5.41, 5.74) is 0. The molecule has 1 amide bonds. The Morgan fingerprint density at radius 2 is 2.00 bits per heavy atom. The zero-order valence-corrected chi connectivity index (χ0v) is 8.21. The van der Waals surface area contributed by atoms with Crippen LogP contribution in [0.3, 0.4) is 0 Å². The first-order valence-corrected chi connectivity index (χ1v) is 4.60. The van der Waals surface area contributed by atoms with Gasteiger partial charge in [0.25, 0.3) is 0 Å². The largest absolute Gasteiger partial charge is 0.286 e. The van der Waals surface area contributed by atoms with Crippen molar-refractivity contribution in [1.82, 2.24) is 5.06 Å². The molecule has 72 valence electrons. The molecule has 0 radical (unpaired) electrons. The molecule has 0 aromatic heterocycles. The van der Waals surface area contributed by atoms with E-state index in [9.17, 15) is 10.0 Å². The van der Waals surface area contributed by atoms with E-state index in [1.54, 1.807) is 13.8 Å². The smallest absolute Gasteiger partial charge is 0.246 e. The van der Waals surface area contributed by atoms with Crippen molar-refractivity contribution in [2.75, 3.05) is 0 Å². The number of unbranched alkanes of at least 4 members (excludes halogenated alkanes) is 2. The molecule has 0 atom stereocenters. The summed E-state index contributed by atoms with van der Waals surface area (Å²) in [5.74, 6) is -0.168. The van der Waals surface area contributed by atoms with E-state index in [0.29, 0.717) is 6.42 Å². The minimum Gasteiger partial charge on any atom is -0.286 e. The molecule has 0 aromatic carbocycles. The monoisotopic (exact) mass is 173 g/mol. The van der Waals surface area contributed by atoms with Crippen molar-refractivity contribution in [3.05, 3.63) is 0 Å². The normalized spacial score (nSPS) is 10.4. The Kier molecular flexibility index (Phi) is 5.72. The molecule has 0 heterocycles. The van der Waals surface area contributed by atoms with Gasteiger partial charge in [-0.3, -0.25) is 10.0 Å². The minimum absolute atomic E-state index is 0.112. The van der Waals surface area contributed by atoms with Gasteiger partial charge in [-0.05, 0) is 20.3 Å². The van der Waals surface area contributed by atoms with Crippen LogP contribution in [0.2, 0.25) is 0 Å². The van der Waals surface area contributed by atoms with Crippen LogP contribution in [0.25, 0.3) is 0 Å². The Hall–Kier alpha value is -0.570. The van der Waals surface area contributed by atoms with E-state index in [-0.39, 0.29) is 11.9 Å². The van der Waals surface area contributed by atoms with Crippen LogP contribution in [0.5, 0.6) is 0 Å². The molecule has 0 saturated carbocycles. The SMILES string of the molecule is CCCCCC(=O)N(O)C(C)C. The fraction of sp³-hybridized carbons (Fsp3) is 0.889. The van der Waals surface area contributed by atoms with Crippen LogP contribution < -0.4 is 0 Å². The predicted octanol–water partition coefficient (Wildman–Crippen LogP) is 2.19. The van der Waals surface area contributed by atoms with E-state index in [0.717, 1.165) is 24.3 Å². The standard InChI is InChI=1S/C9H19NO2/c1-4-5-6-7-9(11)10(12)8(2)3/h8,12H,4-7H2,1-3H3. The summed E-state index contributed by atoms with van der Waals surface area (Å²) in [5, 5.41) is 9.99. The van der Waals surface area contributed by atoms with Gasteiger partial charge in [0.05, 0.1) is 6.04 Å². The van der Waals surface area contributed by atoms with E-state index in [1.165, 1.54) is 0 Å². The van der Waals surface area contributed by atoms with Gasteiger partial charge in [0.15, 0.2) is 0 Å². The fourth-order valence-electron chi connectivity index (χ4n) is 0.929. The zero-order chi connectivity index (χ0) is 9.56. The van der Waals surface area contributed by atoms with Gasteiger partial charge in [-0.2, -0.15) is 0 Å². The number of nitrogens with zero attached hydrogens (tertiary/aromatic N) is 1. The summed E-state index contributed by atoms with van der Waals surface area (Å²) in [7, 11) is 0. The lowest BCUT2D eigenvalue weighted by Crippen LogP contribution is -2.33. The molecule has 0 saturated heterocycles. The van der Waals surface area contributed by atoms with Crippen molar-refractivity contribution < 1.29 is 10.0 Å². The fourth-order valence-corrected chi connectivity index (χ4v) is 0.929. The zero-order valence-electron chi connectivity index (χ0n) is 8.21. The van der Waals surface area contributed by atoms with Gasteiger partial charge in [-0.15, -0.1) is 0 Å². The average Bonchev–Trinajstić information content (AvgIpc) is 2.03. The first-order chi connectivity index (χ1) is 5.59. The van der Waals surface area contributed by atoms with Crippen LogP contribution in [-0.2, 0) is 4.79 Å². The Morgan fingerprint density at radius 3 is 2.42 bits per heavy atom. The molecule has 0 spiro atoms. The number of hydrogen-bond acceptors (Lipinski definition) is 2. The van der Waals surface area contributed by atoms with Gasteiger partial charge in [0.2, 0.25) is 5.91 Å². The molecular formula is C9H19NO2. The van der Waals surface area contributed by atoms with Crippen LogP contribution in [0.15, 0.2) is 0 Å². The van der Waals surface area contributed by atoms with Crippen LogP contribution in [0.1, 0.15) is 46.5 Å². The van der Waals surface area contributed by atoms with Crippen molar-refractivity contribution >= 4 is 5.91 Å². The topological polar surface area (TPSA) is 40.5 Å². The maximum absolute atomic E-state index is 11.1. The third-order valence-electron chi connectivity index (χ3n) is 1.74. The number of amides is 1. The van der Waals surface area contributed by atoms with Crippen LogP contribution in [-0.4, -0.2) is 22.2 Å². The highest BCUT2D eigenvalue weighted by Crippen LogP contribution is 2.03. The molecule has 0 aliphatic heterocycles. The first kappa shape index (κ1) is 11.4. The van der Waals surface area contributed by atoms with E-state index in [2.05, 4.69) is 6.92 Å². The molecule has 0 bridgehead atoms. The Labute approximate surface area is 74.3 Å². The van der Waals surface area contributed by atoms with Gasteiger partial charge >= 0.3 is 0 Å². The maximum Gasteiger partial charge on any atom is 0.246 e. The second kappa shape index (κ2) is 6.00. The summed E-state index contributed by atoms with van der Waals surface area (Å²) in [6.45, 7) is 5.67. The van der Waals surface area contributed by atoms with E-state index >= 15 is 0 Å². The summed E-state index contributed by atoms with van der Waals surface area (Å²) in [4.78, 5) is 11.1. The van der Waals surface area contributed by atoms with Crippen molar-refractivity contribution in [3.8, 4) is 0 Å². The summed E-state index contributed by atoms with van der Waals surface area (Å²) >= 11 is 0. The number of carbonyl (C=O) groups is 1. The Morgan fingerprint density at radius 1 is 1.42 bits per heavy atom. The number of carbonyl (C=O) groups excluding carboxylic acids is 1. The highest BCUT2D eigenvalue weighted by Gasteiger charge is 2.12. The van der Waals surface area contributed by atoms with Gasteiger partial charge in [-0.25, -0.2) is 5.06 Å². The quantitative estimate of drug-likeness (QED) is 0.393. The Balaban J connectivity index is 3.57. The van der Waals surface area contributed by atoms with Crippen LogP contribution in [0.4, 0.5) is 0 Å². The third-order valence-corrected chi connectivity index (χ3v) is 1.74. The van der Waals surface area contributed by atoms with Crippen LogP contribution >= 0.6 is 0 Å². The summed E-state index contributed by atoms with van der Waals surface area (Å²) < 4.78 is 0. The number of hydrogen-bond donors (Lipinski definition) is 1. The van der Waals surface area contributed by atoms with Crippen molar-refractivity contribution in [2.45, 2.75) is 52.5 Å². The molecule has 0 fully saturated rings. The molecule has 0 unspecified atom stereocenters. The molecule has 0 aliphatic rings. The molecule has 3 heteroatoms.